The first-order valence-corrected chi connectivity index (χ1v) is 8.47. The van der Waals surface area contributed by atoms with Crippen LogP contribution in [-0.2, 0) is 10.3 Å². The van der Waals surface area contributed by atoms with Crippen LogP contribution in [-0.4, -0.2) is 17.5 Å². The molecule has 1 aliphatic rings. The highest BCUT2D eigenvalue weighted by Gasteiger charge is 2.42. The predicted molar refractivity (Wildman–Crippen MR) is 95.6 cm³/mol. The summed E-state index contributed by atoms with van der Waals surface area (Å²) in [7, 11) is 0. The third kappa shape index (κ3) is 3.43. The maximum Gasteiger partial charge on any atom is 0.411 e. The fourth-order valence-electron chi connectivity index (χ4n) is 3.38. The molecule has 1 aliphatic heterocycles. The molecule has 0 radical (unpaired) electrons. The van der Waals surface area contributed by atoms with E-state index in [1.165, 1.54) is 12.1 Å². The highest BCUT2D eigenvalue weighted by Crippen LogP contribution is 2.39. The van der Waals surface area contributed by atoms with Crippen molar-refractivity contribution in [3.8, 4) is 0 Å². The van der Waals surface area contributed by atoms with Crippen LogP contribution in [0.2, 0.25) is 0 Å². The largest absolute Gasteiger partial charge is 0.437 e. The Bertz CT molecular complexity index is 744. The number of carbonyl (C=O) groups is 1. The van der Waals surface area contributed by atoms with Crippen LogP contribution in [0.4, 0.5) is 9.18 Å². The van der Waals surface area contributed by atoms with Crippen molar-refractivity contribution in [2.24, 2.45) is 0 Å². The highest BCUT2D eigenvalue weighted by atomic mass is 19.1. The average molecular weight is 339 g/mol. The van der Waals surface area contributed by atoms with Crippen LogP contribution in [0, 0.1) is 5.82 Å². The van der Waals surface area contributed by atoms with Gasteiger partial charge < -0.3 is 9.64 Å². The smallest absolute Gasteiger partial charge is 0.411 e. The van der Waals surface area contributed by atoms with Crippen molar-refractivity contribution in [2.45, 2.75) is 31.4 Å². The van der Waals surface area contributed by atoms with E-state index in [0.717, 1.165) is 11.1 Å². The Balaban J connectivity index is 1.84. The quantitative estimate of drug-likeness (QED) is 0.701. The van der Waals surface area contributed by atoms with E-state index in [2.05, 4.69) is 6.58 Å². The summed E-state index contributed by atoms with van der Waals surface area (Å²) in [5.74, 6) is -0.307. The Morgan fingerprint density at radius 2 is 1.92 bits per heavy atom. The maximum atomic E-state index is 13.3. The van der Waals surface area contributed by atoms with E-state index in [0.29, 0.717) is 19.4 Å². The molecule has 1 heterocycles. The second-order valence-electron chi connectivity index (χ2n) is 6.39. The third-order valence-electron chi connectivity index (χ3n) is 4.87. The Morgan fingerprint density at radius 1 is 1.24 bits per heavy atom. The van der Waals surface area contributed by atoms with Gasteiger partial charge in [0.1, 0.15) is 11.4 Å². The van der Waals surface area contributed by atoms with Crippen LogP contribution in [0.25, 0.3) is 0 Å². The number of ether oxygens (including phenoxy) is 1. The van der Waals surface area contributed by atoms with Crippen LogP contribution in [0.3, 0.4) is 0 Å². The van der Waals surface area contributed by atoms with Gasteiger partial charge in [0.15, 0.2) is 0 Å². The molecule has 130 valence electrons. The van der Waals surface area contributed by atoms with Gasteiger partial charge in [-0.15, -0.1) is 6.58 Å². The zero-order chi connectivity index (χ0) is 17.9. The number of hydrogen-bond acceptors (Lipinski definition) is 2. The average Bonchev–Trinajstić information content (AvgIpc) is 2.63. The molecule has 0 saturated carbocycles. The zero-order valence-corrected chi connectivity index (χ0v) is 14.3. The van der Waals surface area contributed by atoms with E-state index in [-0.39, 0.29) is 18.0 Å². The molecule has 0 bridgehead atoms. The van der Waals surface area contributed by atoms with Gasteiger partial charge in [-0.1, -0.05) is 48.5 Å². The first kappa shape index (κ1) is 17.2. The summed E-state index contributed by atoms with van der Waals surface area (Å²) < 4.78 is 19.1. The number of rotatable bonds is 5. The monoisotopic (exact) mass is 339 g/mol. The maximum absolute atomic E-state index is 13.3. The van der Waals surface area contributed by atoms with Gasteiger partial charge in [-0.2, -0.15) is 0 Å². The van der Waals surface area contributed by atoms with Crippen molar-refractivity contribution in [3.05, 3.63) is 84.2 Å². The highest BCUT2D eigenvalue weighted by molar-refractivity contribution is 5.70. The number of benzene rings is 2. The number of carbonyl (C=O) groups excluding carboxylic acids is 1. The molecule has 3 rings (SSSR count). The van der Waals surface area contributed by atoms with Crippen molar-refractivity contribution >= 4 is 6.09 Å². The molecule has 0 aliphatic carbocycles. The molecular weight excluding hydrogens is 317 g/mol. The first-order chi connectivity index (χ1) is 12.1. The minimum atomic E-state index is -0.778. The lowest BCUT2D eigenvalue weighted by Gasteiger charge is -2.43. The summed E-state index contributed by atoms with van der Waals surface area (Å²) in [4.78, 5) is 14.5. The van der Waals surface area contributed by atoms with E-state index in [1.54, 1.807) is 23.1 Å². The minimum absolute atomic E-state index is 0.0661. The second-order valence-corrected chi connectivity index (χ2v) is 6.39. The SMILES string of the molecule is C=CCC1(c2ccc(F)cc2)CCN([C@@H](C)c2ccccc2)C(=O)O1. The standard InChI is InChI=1S/C21H22FNO2/c1-3-13-21(18-9-11-19(22)12-10-18)14-15-23(20(24)25-21)16(2)17-7-5-4-6-8-17/h3-12,16H,1,13-15H2,2H3/t16-,21?/m0/s1. The molecule has 4 heteroatoms. The van der Waals surface area contributed by atoms with Gasteiger partial charge in [0.05, 0.1) is 6.04 Å². The second kappa shape index (κ2) is 7.09. The molecule has 2 aromatic rings. The molecule has 2 atom stereocenters. The fourth-order valence-corrected chi connectivity index (χ4v) is 3.38. The van der Waals surface area contributed by atoms with Gasteiger partial charge in [-0.25, -0.2) is 9.18 Å². The minimum Gasteiger partial charge on any atom is -0.437 e. The van der Waals surface area contributed by atoms with Crippen molar-refractivity contribution in [1.29, 1.82) is 0 Å². The topological polar surface area (TPSA) is 29.5 Å². The number of hydrogen-bond donors (Lipinski definition) is 0. The molecule has 0 aromatic heterocycles. The molecule has 1 unspecified atom stereocenters. The molecule has 2 aromatic carbocycles. The van der Waals surface area contributed by atoms with Crippen LogP contribution >= 0.6 is 0 Å². The number of halogens is 1. The van der Waals surface area contributed by atoms with Crippen LogP contribution in [0.5, 0.6) is 0 Å². The molecule has 1 saturated heterocycles. The van der Waals surface area contributed by atoms with Gasteiger partial charge in [-0.3, -0.25) is 0 Å². The molecular formula is C21H22FNO2. The number of amides is 1. The molecule has 0 spiro atoms. The zero-order valence-electron chi connectivity index (χ0n) is 14.3. The van der Waals surface area contributed by atoms with Crippen molar-refractivity contribution in [2.75, 3.05) is 6.54 Å². The molecule has 25 heavy (non-hydrogen) atoms. The lowest BCUT2D eigenvalue weighted by Crippen LogP contribution is -2.48. The number of cyclic esters (lactones) is 1. The Morgan fingerprint density at radius 3 is 2.52 bits per heavy atom. The van der Waals surface area contributed by atoms with Crippen molar-refractivity contribution in [3.63, 3.8) is 0 Å². The van der Waals surface area contributed by atoms with E-state index < -0.39 is 5.60 Å². The summed E-state index contributed by atoms with van der Waals surface area (Å²) in [6.45, 7) is 6.36. The molecule has 3 nitrogen and oxygen atoms in total. The number of nitrogens with zero attached hydrogens (tertiary/aromatic N) is 1. The van der Waals surface area contributed by atoms with E-state index in [1.807, 2.05) is 37.3 Å². The Hall–Kier alpha value is -2.62. The van der Waals surface area contributed by atoms with Crippen LogP contribution in [0.15, 0.2) is 67.3 Å². The van der Waals surface area contributed by atoms with Gasteiger partial charge in [0, 0.05) is 19.4 Å². The summed E-state index contributed by atoms with van der Waals surface area (Å²) in [6, 6.07) is 16.0. The fraction of sp³-hybridized carbons (Fsp3) is 0.286. The lowest BCUT2D eigenvalue weighted by atomic mass is 9.85. The van der Waals surface area contributed by atoms with Crippen LogP contribution < -0.4 is 0 Å². The van der Waals surface area contributed by atoms with E-state index >= 15 is 0 Å². The normalized spacial score (nSPS) is 21.5. The van der Waals surface area contributed by atoms with Crippen LogP contribution in [0.1, 0.15) is 36.9 Å². The van der Waals surface area contributed by atoms with Crippen molar-refractivity contribution in [1.82, 2.24) is 4.90 Å². The molecule has 1 amide bonds. The molecule has 0 N–H and O–H groups in total. The Kier molecular flexibility index (Phi) is 4.88. The van der Waals surface area contributed by atoms with E-state index in [4.69, 9.17) is 4.74 Å². The third-order valence-corrected chi connectivity index (χ3v) is 4.87. The van der Waals surface area contributed by atoms with Crippen molar-refractivity contribution < 1.29 is 13.9 Å². The molecule has 1 fully saturated rings. The summed E-state index contributed by atoms with van der Waals surface area (Å²) in [5, 5.41) is 0. The summed E-state index contributed by atoms with van der Waals surface area (Å²) >= 11 is 0. The summed E-state index contributed by atoms with van der Waals surface area (Å²) in [5.41, 5.74) is 1.09. The lowest BCUT2D eigenvalue weighted by molar-refractivity contribution is -0.0588. The predicted octanol–water partition coefficient (Wildman–Crippen LogP) is 5.20. The van der Waals surface area contributed by atoms with Gasteiger partial charge in [-0.05, 0) is 30.2 Å². The van der Waals surface area contributed by atoms with E-state index in [9.17, 15) is 9.18 Å². The Labute approximate surface area is 147 Å². The van der Waals surface area contributed by atoms with Gasteiger partial charge in [0.2, 0.25) is 0 Å². The summed E-state index contributed by atoms with van der Waals surface area (Å²) in [6.07, 6.45) is 2.52. The van der Waals surface area contributed by atoms with Gasteiger partial charge >= 0.3 is 6.09 Å². The van der Waals surface area contributed by atoms with Gasteiger partial charge in [0.25, 0.3) is 0 Å². The first-order valence-electron chi connectivity index (χ1n) is 8.47.